The smallest absolute Gasteiger partial charge is 0.408 e. The molecule has 27 heavy (non-hydrogen) atoms. The summed E-state index contributed by atoms with van der Waals surface area (Å²) in [5.74, 6) is -1.04. The molecular weight excluding hydrogens is 342 g/mol. The lowest BCUT2D eigenvalue weighted by molar-refractivity contribution is -0.145. The van der Waals surface area contributed by atoms with E-state index in [0.29, 0.717) is 6.42 Å². The van der Waals surface area contributed by atoms with Crippen LogP contribution in [0.3, 0.4) is 0 Å². The summed E-state index contributed by atoms with van der Waals surface area (Å²) in [5.41, 5.74) is 3.37. The van der Waals surface area contributed by atoms with E-state index in [1.807, 2.05) is 24.3 Å². The number of aliphatic carboxylic acids is 1. The molecule has 0 bridgehead atoms. The van der Waals surface area contributed by atoms with E-state index >= 15 is 0 Å². The zero-order chi connectivity index (χ0) is 19.0. The minimum absolute atomic E-state index is 0.0134. The third-order valence-electron chi connectivity index (χ3n) is 5.88. The van der Waals surface area contributed by atoms with Crippen LogP contribution >= 0.6 is 0 Å². The normalized spacial score (nSPS) is 17.5. The molecule has 0 saturated heterocycles. The molecule has 4 rings (SSSR count). The Kier molecular flexibility index (Phi) is 4.38. The van der Waals surface area contributed by atoms with Gasteiger partial charge in [-0.25, -0.2) is 9.59 Å². The zero-order valence-electron chi connectivity index (χ0n) is 15.3. The Morgan fingerprint density at radius 1 is 1.07 bits per heavy atom. The van der Waals surface area contributed by atoms with E-state index in [-0.39, 0.29) is 18.4 Å². The molecule has 0 aliphatic heterocycles. The van der Waals surface area contributed by atoms with Crippen molar-refractivity contribution < 1.29 is 19.4 Å². The highest BCUT2D eigenvalue weighted by Crippen LogP contribution is 2.45. The lowest BCUT2D eigenvalue weighted by atomic mass is 9.90. The van der Waals surface area contributed by atoms with E-state index in [1.165, 1.54) is 0 Å². The summed E-state index contributed by atoms with van der Waals surface area (Å²) in [6.07, 6.45) is 1.33. The number of alkyl carbamates (subject to hydrolysis) is 1. The average molecular weight is 365 g/mol. The number of amides is 1. The molecule has 0 radical (unpaired) electrons. The minimum atomic E-state index is -1.22. The van der Waals surface area contributed by atoms with E-state index < -0.39 is 17.6 Å². The SMILES string of the molecule is CCC(NC(=O)OCC1c2ccccc2-c2ccccc21)(C(=O)O)C1CC1. The van der Waals surface area contributed by atoms with Gasteiger partial charge in [0, 0.05) is 5.92 Å². The van der Waals surface area contributed by atoms with Crippen LogP contribution in [0, 0.1) is 5.92 Å². The fourth-order valence-electron chi connectivity index (χ4n) is 4.25. The molecule has 2 aromatic rings. The number of nitrogens with one attached hydrogen (secondary N) is 1. The first-order chi connectivity index (χ1) is 13.1. The third kappa shape index (κ3) is 2.97. The molecule has 5 heteroatoms. The average Bonchev–Trinajstić information content (AvgIpc) is 3.48. The molecule has 1 unspecified atom stereocenters. The number of carbonyl (C=O) groups is 2. The van der Waals surface area contributed by atoms with Crippen LogP contribution in [-0.4, -0.2) is 29.3 Å². The molecule has 1 amide bonds. The van der Waals surface area contributed by atoms with Crippen molar-refractivity contribution in [1.82, 2.24) is 5.32 Å². The highest BCUT2D eigenvalue weighted by Gasteiger charge is 2.51. The summed E-state index contributed by atoms with van der Waals surface area (Å²) in [6, 6.07) is 16.2. The Morgan fingerprint density at radius 3 is 2.11 bits per heavy atom. The van der Waals surface area contributed by atoms with Gasteiger partial charge in [-0.3, -0.25) is 0 Å². The Balaban J connectivity index is 1.50. The molecular formula is C22H23NO4. The van der Waals surface area contributed by atoms with Gasteiger partial charge >= 0.3 is 12.1 Å². The van der Waals surface area contributed by atoms with Gasteiger partial charge in [0.15, 0.2) is 0 Å². The Labute approximate surface area is 158 Å². The van der Waals surface area contributed by atoms with Crippen molar-refractivity contribution in [3.63, 3.8) is 0 Å². The standard InChI is InChI=1S/C22H23NO4/c1-2-22(20(24)25,14-11-12-14)23-21(26)27-13-19-17-9-5-3-7-15(17)16-8-4-6-10-18(16)19/h3-10,14,19H,2,11-13H2,1H3,(H,23,26)(H,24,25). The zero-order valence-corrected chi connectivity index (χ0v) is 15.3. The summed E-state index contributed by atoms with van der Waals surface area (Å²) in [7, 11) is 0. The molecule has 0 heterocycles. The van der Waals surface area contributed by atoms with Crippen LogP contribution < -0.4 is 5.32 Å². The first-order valence-corrected chi connectivity index (χ1v) is 9.43. The fraction of sp³-hybridized carbons (Fsp3) is 0.364. The maximum atomic E-state index is 12.4. The number of ether oxygens (including phenoxy) is 1. The fourth-order valence-corrected chi connectivity index (χ4v) is 4.25. The second-order valence-corrected chi connectivity index (χ2v) is 7.35. The second-order valence-electron chi connectivity index (χ2n) is 7.35. The molecule has 5 nitrogen and oxygen atoms in total. The molecule has 0 aromatic heterocycles. The second kappa shape index (κ2) is 6.72. The molecule has 2 N–H and O–H groups in total. The van der Waals surface area contributed by atoms with Gasteiger partial charge in [-0.05, 0) is 47.4 Å². The van der Waals surface area contributed by atoms with Crippen LogP contribution in [0.5, 0.6) is 0 Å². The van der Waals surface area contributed by atoms with Crippen LogP contribution in [-0.2, 0) is 9.53 Å². The Morgan fingerprint density at radius 2 is 1.63 bits per heavy atom. The molecule has 1 saturated carbocycles. The lowest BCUT2D eigenvalue weighted by Crippen LogP contribution is -2.56. The summed E-state index contributed by atoms with van der Waals surface area (Å²) in [4.78, 5) is 24.2. The highest BCUT2D eigenvalue weighted by molar-refractivity contribution is 5.85. The maximum Gasteiger partial charge on any atom is 0.408 e. The molecule has 1 atom stereocenters. The van der Waals surface area contributed by atoms with Crippen molar-refractivity contribution in [2.24, 2.45) is 5.92 Å². The minimum Gasteiger partial charge on any atom is -0.479 e. The van der Waals surface area contributed by atoms with E-state index in [2.05, 4.69) is 29.6 Å². The number of benzene rings is 2. The topological polar surface area (TPSA) is 75.6 Å². The predicted molar refractivity (Wildman–Crippen MR) is 102 cm³/mol. The van der Waals surface area contributed by atoms with Gasteiger partial charge in [-0.15, -0.1) is 0 Å². The maximum absolute atomic E-state index is 12.4. The number of hydrogen-bond donors (Lipinski definition) is 2. The summed E-state index contributed by atoms with van der Waals surface area (Å²) >= 11 is 0. The monoisotopic (exact) mass is 365 g/mol. The van der Waals surface area contributed by atoms with Crippen molar-refractivity contribution in [2.45, 2.75) is 37.6 Å². The lowest BCUT2D eigenvalue weighted by Gasteiger charge is -2.29. The van der Waals surface area contributed by atoms with Crippen LogP contribution in [0.4, 0.5) is 4.79 Å². The van der Waals surface area contributed by atoms with Crippen molar-refractivity contribution >= 4 is 12.1 Å². The van der Waals surface area contributed by atoms with Crippen molar-refractivity contribution in [2.75, 3.05) is 6.61 Å². The largest absolute Gasteiger partial charge is 0.479 e. The van der Waals surface area contributed by atoms with Crippen molar-refractivity contribution in [3.8, 4) is 11.1 Å². The highest BCUT2D eigenvalue weighted by atomic mass is 16.5. The molecule has 2 aliphatic carbocycles. The van der Waals surface area contributed by atoms with Gasteiger partial charge in [0.25, 0.3) is 0 Å². The van der Waals surface area contributed by atoms with Crippen molar-refractivity contribution in [3.05, 3.63) is 59.7 Å². The van der Waals surface area contributed by atoms with Crippen LogP contribution in [0.15, 0.2) is 48.5 Å². The van der Waals surface area contributed by atoms with Crippen LogP contribution in [0.25, 0.3) is 11.1 Å². The van der Waals surface area contributed by atoms with Crippen molar-refractivity contribution in [1.29, 1.82) is 0 Å². The molecule has 1 fully saturated rings. The van der Waals surface area contributed by atoms with Gasteiger partial charge in [-0.1, -0.05) is 55.5 Å². The van der Waals surface area contributed by atoms with E-state index in [0.717, 1.165) is 35.1 Å². The van der Waals surface area contributed by atoms with Gasteiger partial charge in [0.2, 0.25) is 0 Å². The number of carbonyl (C=O) groups excluding carboxylic acids is 1. The van der Waals surface area contributed by atoms with E-state index in [9.17, 15) is 14.7 Å². The Bertz CT molecular complexity index is 844. The first-order valence-electron chi connectivity index (χ1n) is 9.43. The van der Waals surface area contributed by atoms with E-state index in [4.69, 9.17) is 4.74 Å². The molecule has 0 spiro atoms. The quantitative estimate of drug-likeness (QED) is 0.806. The number of carboxylic acids is 1. The van der Waals surface area contributed by atoms with Gasteiger partial charge in [0.05, 0.1) is 0 Å². The summed E-state index contributed by atoms with van der Waals surface area (Å²) in [6.45, 7) is 1.97. The summed E-state index contributed by atoms with van der Waals surface area (Å²) < 4.78 is 5.51. The predicted octanol–water partition coefficient (Wildman–Crippen LogP) is 4.17. The number of rotatable bonds is 6. The van der Waals surface area contributed by atoms with Gasteiger partial charge < -0.3 is 15.2 Å². The Hall–Kier alpha value is -2.82. The van der Waals surface area contributed by atoms with E-state index in [1.54, 1.807) is 6.92 Å². The number of fused-ring (bicyclic) bond motifs is 3. The third-order valence-corrected chi connectivity index (χ3v) is 5.88. The van der Waals surface area contributed by atoms with Crippen LogP contribution in [0.2, 0.25) is 0 Å². The van der Waals surface area contributed by atoms with Gasteiger partial charge in [0.1, 0.15) is 12.1 Å². The van der Waals surface area contributed by atoms with Gasteiger partial charge in [-0.2, -0.15) is 0 Å². The molecule has 2 aliphatic rings. The summed E-state index contributed by atoms with van der Waals surface area (Å²) in [5, 5.41) is 12.3. The number of hydrogen-bond acceptors (Lipinski definition) is 3. The molecule has 140 valence electrons. The number of carboxylic acid groups (broad SMARTS) is 1. The molecule has 2 aromatic carbocycles. The first kappa shape index (κ1) is 17.6. The van der Waals surface area contributed by atoms with Crippen LogP contribution in [0.1, 0.15) is 43.2 Å².